The van der Waals surface area contributed by atoms with Gasteiger partial charge in [0.15, 0.2) is 0 Å². The zero-order valence-electron chi connectivity index (χ0n) is 15.8. The number of aryl methyl sites for hydroxylation is 3. The lowest BCUT2D eigenvalue weighted by Gasteiger charge is -2.13. The van der Waals surface area contributed by atoms with E-state index in [1.807, 2.05) is 39.0 Å². The Morgan fingerprint density at radius 1 is 0.923 bits per heavy atom. The van der Waals surface area contributed by atoms with Crippen molar-refractivity contribution in [2.24, 2.45) is 11.7 Å². The zero-order valence-corrected chi connectivity index (χ0v) is 15.8. The number of pyridine rings is 1. The Morgan fingerprint density at radius 2 is 1.58 bits per heavy atom. The molecular weight excluding hydrogens is 328 g/mol. The van der Waals surface area contributed by atoms with Crippen molar-refractivity contribution >= 4 is 0 Å². The van der Waals surface area contributed by atoms with Gasteiger partial charge in [-0.05, 0) is 51.3 Å². The van der Waals surface area contributed by atoms with Crippen LogP contribution in [0.25, 0.3) is 23.0 Å². The molecule has 0 saturated carbocycles. The first kappa shape index (κ1) is 18.1. The lowest BCUT2D eigenvalue weighted by atomic mass is 10.0. The van der Waals surface area contributed by atoms with Crippen LogP contribution in [0.3, 0.4) is 0 Å². The van der Waals surface area contributed by atoms with Crippen LogP contribution in [0.5, 0.6) is 0 Å². The highest BCUT2D eigenvalue weighted by atomic mass is 16.5. The summed E-state index contributed by atoms with van der Waals surface area (Å²) in [7, 11) is 0. The summed E-state index contributed by atoms with van der Waals surface area (Å²) in [6.07, 6.45) is 0.815. The van der Waals surface area contributed by atoms with Gasteiger partial charge < -0.3 is 10.3 Å². The van der Waals surface area contributed by atoms with E-state index in [1.165, 1.54) is 0 Å². The normalized spacial score (nSPS) is 12.6. The van der Waals surface area contributed by atoms with Gasteiger partial charge in [-0.25, -0.2) is 9.97 Å². The minimum absolute atomic E-state index is 0.217. The van der Waals surface area contributed by atoms with Gasteiger partial charge in [-0.3, -0.25) is 4.98 Å². The van der Waals surface area contributed by atoms with Crippen LogP contribution < -0.4 is 5.73 Å². The van der Waals surface area contributed by atoms with E-state index in [4.69, 9.17) is 10.3 Å². The fraction of sp³-hybridized carbons (Fsp3) is 0.421. The second-order valence-corrected chi connectivity index (χ2v) is 7.05. The highest BCUT2D eigenvalue weighted by molar-refractivity contribution is 5.58. The molecule has 2 N–H and O–H groups in total. The number of hydrogen-bond acceptors (Lipinski definition) is 7. The van der Waals surface area contributed by atoms with Gasteiger partial charge in [-0.2, -0.15) is 4.98 Å². The molecule has 0 aromatic carbocycles. The van der Waals surface area contributed by atoms with Gasteiger partial charge in [0.05, 0.1) is 6.04 Å². The molecule has 0 aliphatic rings. The zero-order chi connectivity index (χ0) is 18.8. The molecule has 7 nitrogen and oxygen atoms in total. The molecule has 3 rings (SSSR count). The molecule has 7 heteroatoms. The summed E-state index contributed by atoms with van der Waals surface area (Å²) in [5.41, 5.74) is 10.3. The molecule has 0 saturated heterocycles. The predicted octanol–water partition coefficient (Wildman–Crippen LogP) is 3.56. The Kier molecular flexibility index (Phi) is 5.08. The number of nitrogens with two attached hydrogens (primary N) is 1. The van der Waals surface area contributed by atoms with E-state index < -0.39 is 0 Å². The summed E-state index contributed by atoms with van der Waals surface area (Å²) in [5.74, 6) is 1.94. The van der Waals surface area contributed by atoms with E-state index in [0.29, 0.717) is 29.2 Å². The largest absolute Gasteiger partial charge is 0.334 e. The third kappa shape index (κ3) is 4.11. The van der Waals surface area contributed by atoms with Crippen LogP contribution >= 0.6 is 0 Å². The first-order valence-corrected chi connectivity index (χ1v) is 8.72. The Bertz CT molecular complexity index is 898. The fourth-order valence-corrected chi connectivity index (χ4v) is 2.89. The fourth-order valence-electron chi connectivity index (χ4n) is 2.89. The molecule has 26 heavy (non-hydrogen) atoms. The van der Waals surface area contributed by atoms with Crippen LogP contribution in [0.2, 0.25) is 0 Å². The summed E-state index contributed by atoms with van der Waals surface area (Å²) in [6.45, 7) is 10.0. The van der Waals surface area contributed by atoms with Gasteiger partial charge >= 0.3 is 0 Å². The molecule has 0 spiro atoms. The summed E-state index contributed by atoms with van der Waals surface area (Å²) >= 11 is 0. The first-order valence-electron chi connectivity index (χ1n) is 8.72. The third-order valence-electron chi connectivity index (χ3n) is 3.91. The molecule has 0 bridgehead atoms. The van der Waals surface area contributed by atoms with Crippen molar-refractivity contribution in [3.05, 3.63) is 41.1 Å². The molecule has 3 aromatic heterocycles. The Labute approximate surface area is 153 Å². The molecule has 0 radical (unpaired) electrons. The second kappa shape index (κ2) is 7.29. The molecule has 3 heterocycles. The van der Waals surface area contributed by atoms with Gasteiger partial charge in [0, 0.05) is 22.6 Å². The van der Waals surface area contributed by atoms with E-state index in [0.717, 1.165) is 29.1 Å². The molecule has 1 unspecified atom stereocenters. The Morgan fingerprint density at radius 3 is 2.23 bits per heavy atom. The lowest BCUT2D eigenvalue weighted by molar-refractivity contribution is 0.432. The van der Waals surface area contributed by atoms with Crippen LogP contribution in [-0.4, -0.2) is 25.1 Å². The first-order chi connectivity index (χ1) is 12.3. The highest BCUT2D eigenvalue weighted by Crippen LogP contribution is 2.24. The van der Waals surface area contributed by atoms with Crippen LogP contribution in [0.4, 0.5) is 0 Å². The van der Waals surface area contributed by atoms with Crippen LogP contribution in [-0.2, 0) is 0 Å². The molecule has 0 fully saturated rings. The maximum Gasteiger partial charge on any atom is 0.258 e. The molecular formula is C19H24N6O. The second-order valence-electron chi connectivity index (χ2n) is 7.05. The SMILES string of the molecule is Cc1cc(-c2nc(-c3cc(C)nc(C(N)CC(C)C)n3)no2)cc(C)n1. The lowest BCUT2D eigenvalue weighted by Crippen LogP contribution is -2.17. The third-order valence-corrected chi connectivity index (χ3v) is 3.91. The molecule has 0 amide bonds. The van der Waals surface area contributed by atoms with E-state index in [9.17, 15) is 0 Å². The quantitative estimate of drug-likeness (QED) is 0.748. The van der Waals surface area contributed by atoms with Crippen LogP contribution in [0, 0.1) is 26.7 Å². The van der Waals surface area contributed by atoms with Crippen molar-refractivity contribution in [2.75, 3.05) is 0 Å². The molecule has 136 valence electrons. The topological polar surface area (TPSA) is 104 Å². The number of aromatic nitrogens is 5. The Hall–Kier alpha value is -2.67. The molecule has 0 aliphatic heterocycles. The Balaban J connectivity index is 1.95. The number of nitrogens with zero attached hydrogens (tertiary/aromatic N) is 5. The summed E-state index contributed by atoms with van der Waals surface area (Å²) < 4.78 is 5.44. The average molecular weight is 352 g/mol. The predicted molar refractivity (Wildman–Crippen MR) is 99.1 cm³/mol. The van der Waals surface area contributed by atoms with E-state index in [2.05, 4.69) is 38.9 Å². The van der Waals surface area contributed by atoms with Crippen molar-refractivity contribution in [2.45, 2.75) is 47.1 Å². The minimum atomic E-state index is -0.217. The van der Waals surface area contributed by atoms with Gasteiger partial charge in [-0.1, -0.05) is 19.0 Å². The molecule has 3 aromatic rings. The average Bonchev–Trinajstić information content (AvgIpc) is 3.02. The standard InChI is InChI=1S/C19H24N6O/c1-10(2)6-15(20)17-22-13(5)9-16(23-17)18-24-19(26-25-18)14-7-11(3)21-12(4)8-14/h7-10,15H,6,20H2,1-5H3. The van der Waals surface area contributed by atoms with Gasteiger partial charge in [0.25, 0.3) is 5.89 Å². The van der Waals surface area contributed by atoms with E-state index in [1.54, 1.807) is 0 Å². The van der Waals surface area contributed by atoms with Crippen molar-refractivity contribution in [3.63, 3.8) is 0 Å². The summed E-state index contributed by atoms with van der Waals surface area (Å²) in [4.78, 5) is 17.9. The summed E-state index contributed by atoms with van der Waals surface area (Å²) in [5, 5.41) is 4.09. The molecule has 1 atom stereocenters. The van der Waals surface area contributed by atoms with Crippen molar-refractivity contribution in [1.82, 2.24) is 25.1 Å². The highest BCUT2D eigenvalue weighted by Gasteiger charge is 2.17. The smallest absolute Gasteiger partial charge is 0.258 e. The maximum atomic E-state index is 6.25. The van der Waals surface area contributed by atoms with Crippen LogP contribution in [0.15, 0.2) is 22.7 Å². The number of hydrogen-bond donors (Lipinski definition) is 1. The van der Waals surface area contributed by atoms with E-state index in [-0.39, 0.29) is 6.04 Å². The van der Waals surface area contributed by atoms with Crippen molar-refractivity contribution in [1.29, 1.82) is 0 Å². The van der Waals surface area contributed by atoms with E-state index >= 15 is 0 Å². The van der Waals surface area contributed by atoms with Crippen LogP contribution in [0.1, 0.15) is 49.2 Å². The maximum absolute atomic E-state index is 6.25. The van der Waals surface area contributed by atoms with Crippen molar-refractivity contribution < 1.29 is 4.52 Å². The minimum Gasteiger partial charge on any atom is -0.334 e. The summed E-state index contributed by atoms with van der Waals surface area (Å²) in [6, 6.07) is 5.45. The monoisotopic (exact) mass is 352 g/mol. The van der Waals surface area contributed by atoms with Gasteiger partial charge in [0.2, 0.25) is 5.82 Å². The number of rotatable bonds is 5. The van der Waals surface area contributed by atoms with Crippen molar-refractivity contribution in [3.8, 4) is 23.0 Å². The van der Waals surface area contributed by atoms with Gasteiger partial charge in [0.1, 0.15) is 11.5 Å². The van der Waals surface area contributed by atoms with Gasteiger partial charge in [-0.15, -0.1) is 0 Å². The molecule has 0 aliphatic carbocycles.